The molecule has 0 unspecified atom stereocenters. The van der Waals surface area contributed by atoms with Crippen LogP contribution in [0.1, 0.15) is 30.2 Å². The van der Waals surface area contributed by atoms with Crippen LogP contribution in [0.3, 0.4) is 0 Å². The van der Waals surface area contributed by atoms with Crippen LogP contribution in [0.15, 0.2) is 54.6 Å². The van der Waals surface area contributed by atoms with Gasteiger partial charge in [-0.05, 0) is 29.7 Å². The molecule has 3 aromatic rings. The lowest BCUT2D eigenvalue weighted by Crippen LogP contribution is -2.03. The average Bonchev–Trinajstić information content (AvgIpc) is 2.60. The lowest BCUT2D eigenvalue weighted by Gasteiger charge is -2.12. The van der Waals surface area contributed by atoms with Crippen LogP contribution in [-0.2, 0) is 28.6 Å². The third-order valence-electron chi connectivity index (χ3n) is 4.21. The number of para-hydroxylation sites is 1. The van der Waals surface area contributed by atoms with Crippen LogP contribution < -0.4 is 5.32 Å². The van der Waals surface area contributed by atoms with Crippen molar-refractivity contribution < 1.29 is 8.42 Å². The summed E-state index contributed by atoms with van der Waals surface area (Å²) in [5.41, 5.74) is 5.11. The van der Waals surface area contributed by atoms with Crippen molar-refractivity contribution >= 4 is 26.4 Å². The van der Waals surface area contributed by atoms with Gasteiger partial charge in [0.1, 0.15) is 0 Å². The molecule has 0 aliphatic carbocycles. The maximum atomic E-state index is 11.4. The number of aromatic nitrogens is 1. The highest BCUT2D eigenvalue weighted by molar-refractivity contribution is 7.89. The highest BCUT2D eigenvalue weighted by atomic mass is 32.2. The molecule has 0 amide bonds. The molecule has 5 heteroatoms. The van der Waals surface area contributed by atoms with E-state index in [1.807, 2.05) is 42.5 Å². The normalized spacial score (nSPS) is 11.6. The first-order valence-corrected chi connectivity index (χ1v) is 10.9. The molecular weight excluding hydrogens is 344 g/mol. The number of hydrogen-bond acceptors (Lipinski definition) is 4. The van der Waals surface area contributed by atoms with Crippen LogP contribution in [0, 0.1) is 0 Å². The first kappa shape index (κ1) is 18.4. The molecule has 0 saturated heterocycles. The molecule has 0 spiro atoms. The number of nitrogens with zero attached hydrogens (tertiary/aromatic N) is 1. The Morgan fingerprint density at radius 2 is 1.69 bits per heavy atom. The second-order valence-corrected chi connectivity index (χ2v) is 8.81. The van der Waals surface area contributed by atoms with Crippen molar-refractivity contribution in [1.29, 1.82) is 0 Å². The Morgan fingerprint density at radius 3 is 2.38 bits per heavy atom. The van der Waals surface area contributed by atoms with E-state index in [2.05, 4.69) is 24.4 Å². The van der Waals surface area contributed by atoms with Crippen molar-refractivity contribution in [2.75, 3.05) is 11.6 Å². The van der Waals surface area contributed by atoms with Crippen LogP contribution in [0.2, 0.25) is 0 Å². The quantitative estimate of drug-likeness (QED) is 0.674. The molecule has 0 aliphatic heterocycles. The number of aryl methyl sites for hydroxylation is 1. The van der Waals surface area contributed by atoms with Crippen molar-refractivity contribution in [2.45, 2.75) is 32.1 Å². The zero-order valence-corrected chi connectivity index (χ0v) is 16.0. The zero-order valence-electron chi connectivity index (χ0n) is 15.2. The summed E-state index contributed by atoms with van der Waals surface area (Å²) in [6, 6.07) is 18.0. The van der Waals surface area contributed by atoms with Gasteiger partial charge in [-0.15, -0.1) is 0 Å². The molecule has 3 rings (SSSR count). The topological polar surface area (TPSA) is 59.1 Å². The monoisotopic (exact) mass is 368 g/mol. The molecule has 0 radical (unpaired) electrons. The first-order chi connectivity index (χ1) is 12.4. The predicted octanol–water partition coefficient (Wildman–Crippen LogP) is 4.34. The fourth-order valence-electron chi connectivity index (χ4n) is 3.01. The molecule has 1 heterocycles. The fraction of sp³-hybridized carbons (Fsp3) is 0.286. The Kier molecular flexibility index (Phi) is 5.57. The lowest BCUT2D eigenvalue weighted by atomic mass is 10.1. The Morgan fingerprint density at radius 1 is 1.00 bits per heavy atom. The molecule has 4 nitrogen and oxygen atoms in total. The van der Waals surface area contributed by atoms with E-state index >= 15 is 0 Å². The summed E-state index contributed by atoms with van der Waals surface area (Å²) in [6.07, 6.45) is 3.27. The minimum atomic E-state index is -3.00. The molecule has 136 valence electrons. The van der Waals surface area contributed by atoms with E-state index in [4.69, 9.17) is 4.98 Å². The number of anilines is 1. The smallest absolute Gasteiger partial charge is 0.151 e. The second kappa shape index (κ2) is 7.87. The maximum Gasteiger partial charge on any atom is 0.151 e. The standard InChI is InChI=1S/C21H24N2O2S/c1-3-6-18-13-21(19-7-4-5-8-20(19)23-18)22-14-16-9-11-17(12-10-16)15-26(2,24)25/h4-5,7-13H,3,6,14-15H2,1-2H3,(H,22,23). The Hall–Kier alpha value is -2.40. The number of benzene rings is 2. The summed E-state index contributed by atoms with van der Waals surface area (Å²) in [4.78, 5) is 4.73. The van der Waals surface area contributed by atoms with Crippen LogP contribution in [0.5, 0.6) is 0 Å². The summed E-state index contributed by atoms with van der Waals surface area (Å²) in [5, 5.41) is 4.62. The van der Waals surface area contributed by atoms with Crippen LogP contribution in [0.4, 0.5) is 5.69 Å². The molecule has 1 aromatic heterocycles. The van der Waals surface area contributed by atoms with Gasteiger partial charge in [0.2, 0.25) is 0 Å². The Balaban J connectivity index is 1.78. The molecule has 0 aliphatic rings. The van der Waals surface area contributed by atoms with Gasteiger partial charge in [0, 0.05) is 29.6 Å². The lowest BCUT2D eigenvalue weighted by molar-refractivity contribution is 0.601. The number of nitrogens with one attached hydrogen (secondary N) is 1. The van der Waals surface area contributed by atoms with E-state index < -0.39 is 9.84 Å². The molecule has 2 aromatic carbocycles. The molecular formula is C21H24N2O2S. The number of sulfone groups is 1. The third kappa shape index (κ3) is 4.82. The first-order valence-electron chi connectivity index (χ1n) is 8.82. The van der Waals surface area contributed by atoms with Gasteiger partial charge < -0.3 is 5.32 Å². The summed E-state index contributed by atoms with van der Waals surface area (Å²) >= 11 is 0. The molecule has 0 atom stereocenters. The van der Waals surface area contributed by atoms with Gasteiger partial charge in [-0.25, -0.2) is 8.42 Å². The second-order valence-electron chi connectivity index (χ2n) is 6.67. The third-order valence-corrected chi connectivity index (χ3v) is 5.07. The highest BCUT2D eigenvalue weighted by Gasteiger charge is 2.07. The Labute approximate surface area is 155 Å². The number of rotatable bonds is 7. The largest absolute Gasteiger partial charge is 0.380 e. The van der Waals surface area contributed by atoms with Crippen molar-refractivity contribution in [2.24, 2.45) is 0 Å². The van der Waals surface area contributed by atoms with E-state index in [1.54, 1.807) is 0 Å². The Bertz CT molecular complexity index is 996. The van der Waals surface area contributed by atoms with Crippen molar-refractivity contribution in [3.05, 3.63) is 71.4 Å². The molecule has 0 fully saturated rings. The summed E-state index contributed by atoms with van der Waals surface area (Å²) in [6.45, 7) is 2.83. The average molecular weight is 369 g/mol. The minimum Gasteiger partial charge on any atom is -0.380 e. The van der Waals surface area contributed by atoms with E-state index in [0.29, 0.717) is 6.54 Å². The van der Waals surface area contributed by atoms with Gasteiger partial charge in [-0.1, -0.05) is 55.8 Å². The van der Waals surface area contributed by atoms with Crippen molar-refractivity contribution in [1.82, 2.24) is 4.98 Å². The van der Waals surface area contributed by atoms with Gasteiger partial charge in [-0.2, -0.15) is 0 Å². The SMILES string of the molecule is CCCc1cc(NCc2ccc(CS(C)(=O)=O)cc2)c2ccccc2n1. The van der Waals surface area contributed by atoms with Crippen LogP contribution >= 0.6 is 0 Å². The molecule has 1 N–H and O–H groups in total. The van der Waals surface area contributed by atoms with Crippen molar-refractivity contribution in [3.8, 4) is 0 Å². The van der Waals surface area contributed by atoms with E-state index in [0.717, 1.165) is 46.3 Å². The van der Waals surface area contributed by atoms with Crippen molar-refractivity contribution in [3.63, 3.8) is 0 Å². The van der Waals surface area contributed by atoms with E-state index in [9.17, 15) is 8.42 Å². The fourth-order valence-corrected chi connectivity index (χ4v) is 3.81. The van der Waals surface area contributed by atoms with Gasteiger partial charge in [0.25, 0.3) is 0 Å². The summed E-state index contributed by atoms with van der Waals surface area (Å²) < 4.78 is 22.8. The molecule has 0 saturated carbocycles. The maximum absolute atomic E-state index is 11.4. The number of hydrogen-bond donors (Lipinski definition) is 1. The van der Waals surface area contributed by atoms with E-state index in [1.165, 1.54) is 6.26 Å². The highest BCUT2D eigenvalue weighted by Crippen LogP contribution is 2.24. The van der Waals surface area contributed by atoms with E-state index in [-0.39, 0.29) is 5.75 Å². The molecule has 26 heavy (non-hydrogen) atoms. The van der Waals surface area contributed by atoms with Gasteiger partial charge >= 0.3 is 0 Å². The summed E-state index contributed by atoms with van der Waals surface area (Å²) in [7, 11) is -3.00. The molecule has 0 bridgehead atoms. The van der Waals surface area contributed by atoms with Crippen LogP contribution in [-0.4, -0.2) is 19.7 Å². The van der Waals surface area contributed by atoms with Gasteiger partial charge in [0.15, 0.2) is 9.84 Å². The number of fused-ring (bicyclic) bond motifs is 1. The van der Waals surface area contributed by atoms with Gasteiger partial charge in [-0.3, -0.25) is 4.98 Å². The number of pyridine rings is 1. The predicted molar refractivity (Wildman–Crippen MR) is 108 cm³/mol. The van der Waals surface area contributed by atoms with Crippen LogP contribution in [0.25, 0.3) is 10.9 Å². The summed E-state index contributed by atoms with van der Waals surface area (Å²) in [5.74, 6) is 0.0794. The van der Waals surface area contributed by atoms with Gasteiger partial charge in [0.05, 0.1) is 11.3 Å². The minimum absolute atomic E-state index is 0.0794. The zero-order chi connectivity index (χ0) is 18.6.